The van der Waals surface area contributed by atoms with Crippen LogP contribution in [0.1, 0.15) is 33.1 Å². The lowest BCUT2D eigenvalue weighted by Crippen LogP contribution is -2.41. The Kier molecular flexibility index (Phi) is 6.28. The fraction of sp³-hybridized carbons (Fsp3) is 0.450. The van der Waals surface area contributed by atoms with Crippen LogP contribution in [0.3, 0.4) is 0 Å². The van der Waals surface area contributed by atoms with Crippen LogP contribution in [0, 0.1) is 5.82 Å². The van der Waals surface area contributed by atoms with E-state index in [1.165, 1.54) is 19.4 Å². The molecule has 2 heterocycles. The zero-order valence-corrected chi connectivity index (χ0v) is 16.1. The maximum absolute atomic E-state index is 14.6. The molecular formula is C20H25FN4O3. The molecule has 28 heavy (non-hydrogen) atoms. The Bertz CT molecular complexity index is 868. The van der Waals surface area contributed by atoms with E-state index < -0.39 is 23.9 Å². The minimum Gasteiger partial charge on any atom is -0.464 e. The molecule has 1 aliphatic rings. The molecule has 8 heteroatoms. The summed E-state index contributed by atoms with van der Waals surface area (Å²) in [6.45, 7) is 5.30. The third kappa shape index (κ3) is 4.68. The standard InChI is InChI=1S/C20H25FN4O3/c1-3-28-19(26)13(2)22-20(27)23-15-11-14-7-8-17(24-18(14)16(21)12-15)25-9-5-4-6-10-25/h7-8,11-13H,3-6,9-10H2,1-2H3,(H2,22,23,27)/t13-/m1/s1. The second-order valence-electron chi connectivity index (χ2n) is 6.82. The van der Waals surface area contributed by atoms with Crippen molar-refractivity contribution in [2.75, 3.05) is 29.9 Å². The summed E-state index contributed by atoms with van der Waals surface area (Å²) in [7, 11) is 0. The van der Waals surface area contributed by atoms with Crippen molar-refractivity contribution in [3.05, 3.63) is 30.1 Å². The molecule has 0 radical (unpaired) electrons. The molecule has 0 unspecified atom stereocenters. The molecule has 0 saturated carbocycles. The lowest BCUT2D eigenvalue weighted by molar-refractivity contribution is -0.144. The van der Waals surface area contributed by atoms with E-state index in [4.69, 9.17) is 4.74 Å². The van der Waals surface area contributed by atoms with E-state index in [9.17, 15) is 14.0 Å². The van der Waals surface area contributed by atoms with Crippen LogP contribution >= 0.6 is 0 Å². The molecule has 1 aromatic carbocycles. The van der Waals surface area contributed by atoms with Gasteiger partial charge in [-0.15, -0.1) is 0 Å². The predicted octanol–water partition coefficient (Wildman–Crippen LogP) is 3.44. The van der Waals surface area contributed by atoms with Crippen LogP contribution in [-0.4, -0.2) is 42.7 Å². The molecule has 1 aromatic heterocycles. The van der Waals surface area contributed by atoms with Crippen LogP contribution in [0.25, 0.3) is 10.9 Å². The van der Waals surface area contributed by atoms with E-state index >= 15 is 0 Å². The van der Waals surface area contributed by atoms with Crippen molar-refractivity contribution in [2.45, 2.75) is 39.2 Å². The fourth-order valence-corrected chi connectivity index (χ4v) is 3.24. The average Bonchev–Trinajstić information content (AvgIpc) is 2.68. The quantitative estimate of drug-likeness (QED) is 0.767. The van der Waals surface area contributed by atoms with Crippen molar-refractivity contribution in [2.24, 2.45) is 0 Å². The number of pyridine rings is 1. The number of rotatable bonds is 5. The molecule has 0 bridgehead atoms. The first-order valence-corrected chi connectivity index (χ1v) is 9.57. The summed E-state index contributed by atoms with van der Waals surface area (Å²) >= 11 is 0. The second-order valence-corrected chi connectivity index (χ2v) is 6.82. The molecule has 2 amide bonds. The fourth-order valence-electron chi connectivity index (χ4n) is 3.24. The highest BCUT2D eigenvalue weighted by atomic mass is 19.1. The van der Waals surface area contributed by atoms with Gasteiger partial charge in [0.25, 0.3) is 0 Å². The molecule has 1 atom stereocenters. The number of fused-ring (bicyclic) bond motifs is 1. The molecule has 1 saturated heterocycles. The summed E-state index contributed by atoms with van der Waals surface area (Å²) in [4.78, 5) is 30.3. The van der Waals surface area contributed by atoms with Gasteiger partial charge in [-0.1, -0.05) is 0 Å². The number of halogens is 1. The van der Waals surface area contributed by atoms with Gasteiger partial charge in [0.15, 0.2) is 5.82 Å². The van der Waals surface area contributed by atoms with Gasteiger partial charge in [0.1, 0.15) is 17.4 Å². The molecule has 0 spiro atoms. The molecular weight excluding hydrogens is 363 g/mol. The van der Waals surface area contributed by atoms with Crippen molar-refractivity contribution in [1.82, 2.24) is 10.3 Å². The van der Waals surface area contributed by atoms with Crippen molar-refractivity contribution in [3.63, 3.8) is 0 Å². The van der Waals surface area contributed by atoms with Gasteiger partial charge in [0.05, 0.1) is 6.61 Å². The maximum atomic E-state index is 14.6. The second kappa shape index (κ2) is 8.86. The van der Waals surface area contributed by atoms with Gasteiger partial charge >= 0.3 is 12.0 Å². The Hall–Kier alpha value is -2.90. The predicted molar refractivity (Wildman–Crippen MR) is 106 cm³/mol. The van der Waals surface area contributed by atoms with Gasteiger partial charge < -0.3 is 20.3 Å². The molecule has 7 nitrogen and oxygen atoms in total. The van der Waals surface area contributed by atoms with E-state index in [1.54, 1.807) is 19.1 Å². The highest BCUT2D eigenvalue weighted by Crippen LogP contribution is 2.26. The monoisotopic (exact) mass is 388 g/mol. The Labute approximate surface area is 163 Å². The number of carbonyl (C=O) groups excluding carboxylic acids is 2. The van der Waals surface area contributed by atoms with Gasteiger partial charge in [-0.3, -0.25) is 0 Å². The number of nitrogens with one attached hydrogen (secondary N) is 2. The molecule has 1 aliphatic heterocycles. The molecule has 2 aromatic rings. The maximum Gasteiger partial charge on any atom is 0.328 e. The van der Waals surface area contributed by atoms with Gasteiger partial charge in [-0.25, -0.2) is 19.0 Å². The Morgan fingerprint density at radius 1 is 1.25 bits per heavy atom. The molecule has 0 aliphatic carbocycles. The highest BCUT2D eigenvalue weighted by Gasteiger charge is 2.18. The van der Waals surface area contributed by atoms with Crippen LogP contribution in [0.15, 0.2) is 24.3 Å². The Morgan fingerprint density at radius 2 is 2.00 bits per heavy atom. The smallest absolute Gasteiger partial charge is 0.328 e. The number of amides is 2. The lowest BCUT2D eigenvalue weighted by atomic mass is 10.1. The summed E-state index contributed by atoms with van der Waals surface area (Å²) in [5, 5.41) is 5.60. The largest absolute Gasteiger partial charge is 0.464 e. The number of piperidine rings is 1. The van der Waals surface area contributed by atoms with Crippen LogP contribution in [0.5, 0.6) is 0 Å². The highest BCUT2D eigenvalue weighted by molar-refractivity contribution is 5.95. The topological polar surface area (TPSA) is 83.6 Å². The van der Waals surface area contributed by atoms with Gasteiger partial charge in [-0.05, 0) is 57.4 Å². The summed E-state index contributed by atoms with van der Waals surface area (Å²) < 4.78 is 19.4. The minimum absolute atomic E-state index is 0.231. The number of esters is 1. The summed E-state index contributed by atoms with van der Waals surface area (Å²) in [6.07, 6.45) is 3.44. The number of ether oxygens (including phenoxy) is 1. The minimum atomic E-state index is -0.806. The number of aromatic nitrogens is 1. The van der Waals surface area contributed by atoms with Crippen molar-refractivity contribution >= 4 is 34.4 Å². The van der Waals surface area contributed by atoms with E-state index in [1.807, 2.05) is 6.07 Å². The van der Waals surface area contributed by atoms with Crippen LogP contribution in [0.2, 0.25) is 0 Å². The number of hydrogen-bond acceptors (Lipinski definition) is 5. The van der Waals surface area contributed by atoms with Crippen LogP contribution in [0.4, 0.5) is 20.7 Å². The normalized spacial score (nSPS) is 15.2. The van der Waals surface area contributed by atoms with Gasteiger partial charge in [-0.2, -0.15) is 0 Å². The summed E-state index contributed by atoms with van der Waals surface area (Å²) in [5.41, 5.74) is 0.556. The number of nitrogens with zero attached hydrogens (tertiary/aromatic N) is 2. The third-order valence-electron chi connectivity index (χ3n) is 4.66. The van der Waals surface area contributed by atoms with Crippen molar-refractivity contribution < 1.29 is 18.7 Å². The number of anilines is 2. The zero-order chi connectivity index (χ0) is 20.1. The first kappa shape index (κ1) is 19.9. The van der Waals surface area contributed by atoms with Gasteiger partial charge in [0, 0.05) is 24.2 Å². The van der Waals surface area contributed by atoms with Crippen molar-refractivity contribution in [3.8, 4) is 0 Å². The van der Waals surface area contributed by atoms with E-state index in [0.29, 0.717) is 5.39 Å². The Balaban J connectivity index is 1.72. The number of hydrogen-bond donors (Lipinski definition) is 2. The van der Waals surface area contributed by atoms with E-state index in [0.717, 1.165) is 31.7 Å². The number of benzene rings is 1. The summed E-state index contributed by atoms with van der Waals surface area (Å²) in [6, 6.07) is 5.14. The Morgan fingerprint density at radius 3 is 2.71 bits per heavy atom. The SMILES string of the molecule is CCOC(=O)[C@@H](C)NC(=O)Nc1cc(F)c2nc(N3CCCCC3)ccc2c1. The molecule has 1 fully saturated rings. The molecule has 2 N–H and O–H groups in total. The van der Waals surface area contributed by atoms with E-state index in [2.05, 4.69) is 20.5 Å². The van der Waals surface area contributed by atoms with E-state index in [-0.39, 0.29) is 17.8 Å². The van der Waals surface area contributed by atoms with Crippen LogP contribution in [-0.2, 0) is 9.53 Å². The van der Waals surface area contributed by atoms with Gasteiger partial charge in [0.2, 0.25) is 0 Å². The lowest BCUT2D eigenvalue weighted by Gasteiger charge is -2.27. The van der Waals surface area contributed by atoms with Crippen LogP contribution < -0.4 is 15.5 Å². The molecule has 150 valence electrons. The number of carbonyl (C=O) groups is 2. The zero-order valence-electron chi connectivity index (χ0n) is 16.1. The average molecular weight is 388 g/mol. The molecule has 3 rings (SSSR count). The third-order valence-corrected chi connectivity index (χ3v) is 4.66. The first-order valence-electron chi connectivity index (χ1n) is 9.57. The first-order chi connectivity index (χ1) is 13.5. The summed E-state index contributed by atoms with van der Waals surface area (Å²) in [5.74, 6) is -0.269. The van der Waals surface area contributed by atoms with Crippen molar-refractivity contribution in [1.29, 1.82) is 0 Å². The number of urea groups is 1.